The molecule has 0 unspecified atom stereocenters. The molecule has 0 fully saturated rings. The van der Waals surface area contributed by atoms with Gasteiger partial charge in [-0.25, -0.2) is 0 Å². The molecule has 1 amide bonds. The molecule has 0 spiro atoms. The summed E-state index contributed by atoms with van der Waals surface area (Å²) in [7, 11) is 4.07. The number of nitrogens with two attached hydrogens (primary N) is 1. The van der Waals surface area contributed by atoms with Crippen molar-refractivity contribution in [3.8, 4) is 0 Å². The smallest absolute Gasteiger partial charge is 0.253 e. The molecule has 138 valence electrons. The van der Waals surface area contributed by atoms with Crippen molar-refractivity contribution in [3.63, 3.8) is 0 Å². The van der Waals surface area contributed by atoms with Crippen LogP contribution >= 0.6 is 0 Å². The second-order valence-electron chi connectivity index (χ2n) is 7.13. The van der Waals surface area contributed by atoms with Crippen molar-refractivity contribution < 1.29 is 4.79 Å². The molecule has 5 heteroatoms. The lowest BCUT2D eigenvalue weighted by molar-refractivity contribution is 0.0952. The van der Waals surface area contributed by atoms with Crippen molar-refractivity contribution in [3.05, 3.63) is 59.2 Å². The Kier molecular flexibility index (Phi) is 5.78. The van der Waals surface area contributed by atoms with Crippen LogP contribution in [0, 0.1) is 0 Å². The van der Waals surface area contributed by atoms with Crippen LogP contribution in [0.1, 0.15) is 27.9 Å². The van der Waals surface area contributed by atoms with Crippen molar-refractivity contribution in [2.45, 2.75) is 19.4 Å². The van der Waals surface area contributed by atoms with E-state index in [-0.39, 0.29) is 5.91 Å². The lowest BCUT2D eigenvalue weighted by Crippen LogP contribution is -2.33. The fourth-order valence-electron chi connectivity index (χ4n) is 3.41. The van der Waals surface area contributed by atoms with E-state index in [1.54, 1.807) is 6.07 Å². The van der Waals surface area contributed by atoms with Crippen molar-refractivity contribution in [1.82, 2.24) is 10.2 Å². The van der Waals surface area contributed by atoms with Crippen molar-refractivity contribution >= 4 is 17.3 Å². The quantitative estimate of drug-likeness (QED) is 0.619. The summed E-state index contributed by atoms with van der Waals surface area (Å²) in [5, 5.41) is 3.03. The van der Waals surface area contributed by atoms with Crippen LogP contribution < -0.4 is 16.0 Å². The minimum Gasteiger partial charge on any atom is -0.399 e. The summed E-state index contributed by atoms with van der Waals surface area (Å²) in [6.07, 6.45) is 1.91. The number of hydrogen-bond acceptors (Lipinski definition) is 4. The van der Waals surface area contributed by atoms with Gasteiger partial charge in [-0.15, -0.1) is 0 Å². The number of carbonyl (C=O) groups excluding carboxylic acids is 1. The summed E-state index contributed by atoms with van der Waals surface area (Å²) in [6, 6.07) is 14.1. The topological polar surface area (TPSA) is 61.6 Å². The molecular formula is C21H28N4O. The Balaban J connectivity index is 1.75. The van der Waals surface area contributed by atoms with E-state index in [0.717, 1.165) is 38.2 Å². The van der Waals surface area contributed by atoms with Crippen LogP contribution in [-0.2, 0) is 13.0 Å². The number of nitrogens with zero attached hydrogens (tertiary/aromatic N) is 2. The molecule has 26 heavy (non-hydrogen) atoms. The minimum atomic E-state index is -0.0510. The van der Waals surface area contributed by atoms with Gasteiger partial charge in [0.2, 0.25) is 0 Å². The average molecular weight is 352 g/mol. The highest BCUT2D eigenvalue weighted by atomic mass is 16.1. The fourth-order valence-corrected chi connectivity index (χ4v) is 3.41. The molecule has 2 aromatic carbocycles. The number of fused-ring (bicyclic) bond motifs is 1. The van der Waals surface area contributed by atoms with Gasteiger partial charge >= 0.3 is 0 Å². The van der Waals surface area contributed by atoms with Crippen LogP contribution in [0.5, 0.6) is 0 Å². The van der Waals surface area contributed by atoms with Crippen LogP contribution in [0.25, 0.3) is 0 Å². The minimum absolute atomic E-state index is 0.0510. The van der Waals surface area contributed by atoms with Crippen LogP contribution in [0.2, 0.25) is 0 Å². The predicted molar refractivity (Wildman–Crippen MR) is 108 cm³/mol. The highest BCUT2D eigenvalue weighted by molar-refractivity contribution is 6.00. The first-order chi connectivity index (χ1) is 12.5. The van der Waals surface area contributed by atoms with E-state index in [1.807, 2.05) is 26.2 Å². The van der Waals surface area contributed by atoms with Gasteiger partial charge < -0.3 is 20.9 Å². The van der Waals surface area contributed by atoms with Gasteiger partial charge in [-0.1, -0.05) is 24.3 Å². The Morgan fingerprint density at radius 1 is 1.19 bits per heavy atom. The average Bonchev–Trinajstić information content (AvgIpc) is 2.64. The molecule has 0 aromatic heterocycles. The first-order valence-corrected chi connectivity index (χ1v) is 9.19. The molecule has 5 nitrogen and oxygen atoms in total. The molecule has 3 rings (SSSR count). The molecule has 1 aliphatic rings. The zero-order valence-corrected chi connectivity index (χ0v) is 15.7. The Hall–Kier alpha value is -2.53. The number of nitrogens with one attached hydrogen (secondary N) is 1. The summed E-state index contributed by atoms with van der Waals surface area (Å²) < 4.78 is 0. The molecule has 0 radical (unpaired) electrons. The Labute approximate surface area is 155 Å². The molecule has 0 bridgehead atoms. The third-order valence-corrected chi connectivity index (χ3v) is 4.80. The van der Waals surface area contributed by atoms with E-state index in [4.69, 9.17) is 5.73 Å². The van der Waals surface area contributed by atoms with Gasteiger partial charge in [-0.2, -0.15) is 0 Å². The number of rotatable bonds is 6. The van der Waals surface area contributed by atoms with E-state index >= 15 is 0 Å². The number of benzene rings is 2. The fraction of sp³-hybridized carbons (Fsp3) is 0.381. The summed E-state index contributed by atoms with van der Waals surface area (Å²) in [5.74, 6) is -0.0510. The third kappa shape index (κ3) is 4.35. The normalized spacial score (nSPS) is 13.6. The summed E-state index contributed by atoms with van der Waals surface area (Å²) in [4.78, 5) is 17.1. The van der Waals surface area contributed by atoms with E-state index in [2.05, 4.69) is 39.4 Å². The van der Waals surface area contributed by atoms with Gasteiger partial charge in [0.25, 0.3) is 5.91 Å². The number of hydrogen-bond donors (Lipinski definition) is 2. The van der Waals surface area contributed by atoms with Crippen molar-refractivity contribution in [2.24, 2.45) is 0 Å². The van der Waals surface area contributed by atoms with Gasteiger partial charge in [0.05, 0.1) is 5.56 Å². The molecule has 3 N–H and O–H groups in total. The number of anilines is 2. The van der Waals surface area contributed by atoms with Gasteiger partial charge in [-0.05, 0) is 62.8 Å². The number of carbonyl (C=O) groups is 1. The van der Waals surface area contributed by atoms with Crippen molar-refractivity contribution in [2.75, 3.05) is 44.4 Å². The highest BCUT2D eigenvalue weighted by Gasteiger charge is 2.21. The molecule has 1 aliphatic heterocycles. The SMILES string of the molecule is CN(C)CCCNC(=O)c1cc(N)ccc1N1CCc2ccccc2C1. The summed E-state index contributed by atoms with van der Waals surface area (Å²) in [5.41, 5.74) is 10.9. The molecular weight excluding hydrogens is 324 g/mol. The molecule has 2 aromatic rings. The van der Waals surface area contributed by atoms with Gasteiger partial charge in [0, 0.05) is 31.0 Å². The number of nitrogen functional groups attached to an aromatic ring is 1. The Bertz CT molecular complexity index is 772. The monoisotopic (exact) mass is 352 g/mol. The van der Waals surface area contributed by atoms with Crippen molar-refractivity contribution in [1.29, 1.82) is 0 Å². The van der Waals surface area contributed by atoms with Gasteiger partial charge in [-0.3, -0.25) is 4.79 Å². The van der Waals surface area contributed by atoms with Crippen LogP contribution in [-0.4, -0.2) is 44.5 Å². The van der Waals surface area contributed by atoms with E-state index < -0.39 is 0 Å². The highest BCUT2D eigenvalue weighted by Crippen LogP contribution is 2.28. The van der Waals surface area contributed by atoms with Crippen LogP contribution in [0.4, 0.5) is 11.4 Å². The van der Waals surface area contributed by atoms with E-state index in [1.165, 1.54) is 11.1 Å². The van der Waals surface area contributed by atoms with Gasteiger partial charge in [0.1, 0.15) is 0 Å². The Morgan fingerprint density at radius 3 is 2.73 bits per heavy atom. The maximum Gasteiger partial charge on any atom is 0.253 e. The largest absolute Gasteiger partial charge is 0.399 e. The maximum atomic E-state index is 12.7. The molecule has 0 saturated carbocycles. The maximum absolute atomic E-state index is 12.7. The lowest BCUT2D eigenvalue weighted by atomic mass is 9.98. The Morgan fingerprint density at radius 2 is 1.96 bits per heavy atom. The zero-order chi connectivity index (χ0) is 18.5. The van der Waals surface area contributed by atoms with Crippen LogP contribution in [0.3, 0.4) is 0 Å². The van der Waals surface area contributed by atoms with E-state index in [0.29, 0.717) is 17.8 Å². The summed E-state index contributed by atoms with van der Waals surface area (Å²) >= 11 is 0. The molecule has 0 saturated heterocycles. The molecule has 1 heterocycles. The predicted octanol–water partition coefficient (Wildman–Crippen LogP) is 2.51. The third-order valence-electron chi connectivity index (χ3n) is 4.80. The lowest BCUT2D eigenvalue weighted by Gasteiger charge is -2.32. The molecule has 0 atom stereocenters. The second-order valence-corrected chi connectivity index (χ2v) is 7.13. The first kappa shape index (κ1) is 18.3. The summed E-state index contributed by atoms with van der Waals surface area (Å²) in [6.45, 7) is 3.34. The standard InChI is InChI=1S/C21H28N4O/c1-24(2)12-5-11-23-21(26)19-14-18(22)8-9-20(19)25-13-10-16-6-3-4-7-17(16)15-25/h3-4,6-9,14H,5,10-13,15,22H2,1-2H3,(H,23,26). The van der Waals surface area contributed by atoms with E-state index in [9.17, 15) is 4.79 Å². The van der Waals surface area contributed by atoms with Gasteiger partial charge in [0.15, 0.2) is 0 Å². The zero-order valence-electron chi connectivity index (χ0n) is 15.7. The second kappa shape index (κ2) is 8.23. The first-order valence-electron chi connectivity index (χ1n) is 9.19. The number of amides is 1. The molecule has 0 aliphatic carbocycles. The van der Waals surface area contributed by atoms with Crippen LogP contribution in [0.15, 0.2) is 42.5 Å².